The van der Waals surface area contributed by atoms with Gasteiger partial charge in [-0.25, -0.2) is 13.2 Å². The van der Waals surface area contributed by atoms with Crippen molar-refractivity contribution in [1.29, 1.82) is 0 Å². The van der Waals surface area contributed by atoms with E-state index in [9.17, 15) is 13.2 Å². The van der Waals surface area contributed by atoms with Crippen molar-refractivity contribution in [3.05, 3.63) is 35.9 Å². The highest BCUT2D eigenvalue weighted by atomic mass is 32.2. The van der Waals surface area contributed by atoms with Gasteiger partial charge in [0, 0.05) is 12.2 Å². The van der Waals surface area contributed by atoms with Crippen LogP contribution < -0.4 is 0 Å². The van der Waals surface area contributed by atoms with Crippen LogP contribution in [-0.2, 0) is 15.6 Å². The summed E-state index contributed by atoms with van der Waals surface area (Å²) in [7, 11) is -3.74. The van der Waals surface area contributed by atoms with Crippen molar-refractivity contribution in [3.8, 4) is 0 Å². The maximum Gasteiger partial charge on any atom is 0.371 e. The van der Waals surface area contributed by atoms with Crippen molar-refractivity contribution in [1.82, 2.24) is 9.78 Å². The molecule has 7 nitrogen and oxygen atoms in total. The highest BCUT2D eigenvalue weighted by molar-refractivity contribution is 7.90. The summed E-state index contributed by atoms with van der Waals surface area (Å²) < 4.78 is 30.6. The highest BCUT2D eigenvalue weighted by Gasteiger charge is 2.22. The number of furan rings is 1. The topological polar surface area (TPSA) is 102 Å². The fourth-order valence-electron chi connectivity index (χ4n) is 1.61. The Labute approximate surface area is 115 Å². The van der Waals surface area contributed by atoms with Crippen LogP contribution in [0.2, 0.25) is 0 Å². The first kappa shape index (κ1) is 14.3. The zero-order chi connectivity index (χ0) is 14.9. The van der Waals surface area contributed by atoms with Gasteiger partial charge in [-0.05, 0) is 32.0 Å². The molecular weight excluding hydrogens is 284 g/mol. The number of nitrogens with zero attached hydrogens (tertiary/aromatic N) is 2. The third-order valence-electron chi connectivity index (χ3n) is 2.63. The average Bonchev–Trinajstić information content (AvgIpc) is 2.95. The van der Waals surface area contributed by atoms with E-state index in [1.165, 1.54) is 0 Å². The van der Waals surface area contributed by atoms with Crippen molar-refractivity contribution >= 4 is 15.8 Å². The lowest BCUT2D eigenvalue weighted by Gasteiger charge is -2.03. The molecule has 2 heterocycles. The first-order valence-electron chi connectivity index (χ1n) is 5.89. The van der Waals surface area contributed by atoms with E-state index in [2.05, 4.69) is 5.10 Å². The Bertz CT molecular complexity index is 727. The molecule has 0 aliphatic carbocycles. The van der Waals surface area contributed by atoms with E-state index < -0.39 is 21.6 Å². The Morgan fingerprint density at radius 3 is 2.60 bits per heavy atom. The zero-order valence-electron chi connectivity index (χ0n) is 11.0. The van der Waals surface area contributed by atoms with Crippen LogP contribution in [0.4, 0.5) is 0 Å². The Morgan fingerprint density at radius 2 is 2.10 bits per heavy atom. The molecule has 0 bridgehead atoms. The van der Waals surface area contributed by atoms with Crippen molar-refractivity contribution < 1.29 is 22.7 Å². The predicted molar refractivity (Wildman–Crippen MR) is 69.2 cm³/mol. The van der Waals surface area contributed by atoms with Crippen LogP contribution in [-0.4, -0.2) is 29.3 Å². The Balaban J connectivity index is 2.23. The number of sulfone groups is 1. The van der Waals surface area contributed by atoms with E-state index >= 15 is 0 Å². The minimum absolute atomic E-state index is 0.133. The van der Waals surface area contributed by atoms with E-state index in [1.54, 1.807) is 16.9 Å². The van der Waals surface area contributed by atoms with Crippen LogP contribution in [0, 0.1) is 0 Å². The molecule has 0 aliphatic rings. The molecule has 20 heavy (non-hydrogen) atoms. The minimum atomic E-state index is -3.74. The molecule has 2 aromatic rings. The molecule has 108 valence electrons. The number of hydrogen-bond acceptors (Lipinski definition) is 5. The van der Waals surface area contributed by atoms with Crippen LogP contribution in [0.5, 0.6) is 0 Å². The van der Waals surface area contributed by atoms with Crippen molar-refractivity contribution in [2.24, 2.45) is 0 Å². The normalized spacial score (nSPS) is 11.9. The van der Waals surface area contributed by atoms with Gasteiger partial charge in [-0.2, -0.15) is 5.10 Å². The van der Waals surface area contributed by atoms with Gasteiger partial charge in [0.05, 0.1) is 5.69 Å². The maximum atomic E-state index is 12.1. The van der Waals surface area contributed by atoms with Gasteiger partial charge in [0.1, 0.15) is 5.75 Å². The summed E-state index contributed by atoms with van der Waals surface area (Å²) in [6, 6.07) is 3.99. The molecule has 2 rings (SSSR count). The second-order valence-electron chi connectivity index (χ2n) is 4.56. The number of rotatable bonds is 5. The molecule has 0 aromatic carbocycles. The minimum Gasteiger partial charge on any atom is -0.475 e. The molecule has 0 saturated heterocycles. The fraction of sp³-hybridized carbons (Fsp3) is 0.333. The summed E-state index contributed by atoms with van der Waals surface area (Å²) in [6.07, 6.45) is 1.69. The van der Waals surface area contributed by atoms with E-state index in [4.69, 9.17) is 9.52 Å². The molecule has 0 spiro atoms. The summed E-state index contributed by atoms with van der Waals surface area (Å²) in [6.45, 7) is 3.86. The lowest BCUT2D eigenvalue weighted by molar-refractivity contribution is 0.0656. The SMILES string of the molecule is CC(C)n1ccc(CS(=O)(=O)c2ccc(C(=O)O)o2)n1. The lowest BCUT2D eigenvalue weighted by atomic mass is 10.4. The van der Waals surface area contributed by atoms with E-state index in [-0.39, 0.29) is 16.9 Å². The highest BCUT2D eigenvalue weighted by Crippen LogP contribution is 2.19. The second kappa shape index (κ2) is 5.12. The first-order valence-corrected chi connectivity index (χ1v) is 7.55. The number of carbonyl (C=O) groups is 1. The van der Waals surface area contributed by atoms with Crippen molar-refractivity contribution in [3.63, 3.8) is 0 Å². The van der Waals surface area contributed by atoms with Crippen LogP contribution in [0.1, 0.15) is 36.1 Å². The molecule has 0 amide bonds. The van der Waals surface area contributed by atoms with Gasteiger partial charge in [-0.1, -0.05) is 0 Å². The molecular formula is C12H14N2O5S. The van der Waals surface area contributed by atoms with Crippen molar-refractivity contribution in [2.45, 2.75) is 30.7 Å². The Morgan fingerprint density at radius 1 is 1.40 bits per heavy atom. The monoisotopic (exact) mass is 298 g/mol. The molecule has 0 radical (unpaired) electrons. The Kier molecular flexibility index (Phi) is 3.67. The van der Waals surface area contributed by atoms with E-state index in [0.717, 1.165) is 12.1 Å². The summed E-state index contributed by atoms with van der Waals surface area (Å²) in [5, 5.41) is 12.5. The molecule has 8 heteroatoms. The van der Waals surface area contributed by atoms with Crippen LogP contribution in [0.25, 0.3) is 0 Å². The molecule has 0 atom stereocenters. The molecule has 0 saturated carbocycles. The summed E-state index contributed by atoms with van der Waals surface area (Å²) in [4.78, 5) is 10.7. The number of carboxylic acids is 1. The molecule has 0 unspecified atom stereocenters. The van der Waals surface area contributed by atoms with E-state index in [0.29, 0.717) is 5.69 Å². The number of aromatic carboxylic acids is 1. The first-order chi connectivity index (χ1) is 9.29. The number of carboxylic acid groups (broad SMARTS) is 1. The second-order valence-corrected chi connectivity index (χ2v) is 6.48. The zero-order valence-corrected chi connectivity index (χ0v) is 11.8. The van der Waals surface area contributed by atoms with Gasteiger partial charge in [0.2, 0.25) is 20.7 Å². The van der Waals surface area contributed by atoms with E-state index in [1.807, 2.05) is 13.8 Å². The van der Waals surface area contributed by atoms with Crippen LogP contribution in [0.3, 0.4) is 0 Å². The molecule has 0 aliphatic heterocycles. The summed E-state index contributed by atoms with van der Waals surface area (Å²) in [5.41, 5.74) is 0.381. The van der Waals surface area contributed by atoms with Gasteiger partial charge in [-0.15, -0.1) is 0 Å². The van der Waals surface area contributed by atoms with Crippen LogP contribution in [0.15, 0.2) is 33.9 Å². The third kappa shape index (κ3) is 2.90. The standard InChI is InChI=1S/C12H14N2O5S/c1-8(2)14-6-5-9(13-14)7-20(17,18)11-4-3-10(19-11)12(15)16/h3-6,8H,7H2,1-2H3,(H,15,16). The average molecular weight is 298 g/mol. The predicted octanol–water partition coefficient (Wildman–Crippen LogP) is 1.73. The molecule has 1 N–H and O–H groups in total. The van der Waals surface area contributed by atoms with Gasteiger partial charge in [-0.3, -0.25) is 4.68 Å². The Hall–Kier alpha value is -2.09. The van der Waals surface area contributed by atoms with Gasteiger partial charge in [0.15, 0.2) is 0 Å². The van der Waals surface area contributed by atoms with Crippen LogP contribution >= 0.6 is 0 Å². The third-order valence-corrected chi connectivity index (χ3v) is 4.14. The smallest absolute Gasteiger partial charge is 0.371 e. The number of aromatic nitrogens is 2. The van der Waals surface area contributed by atoms with Crippen molar-refractivity contribution in [2.75, 3.05) is 0 Å². The fourth-order valence-corrected chi connectivity index (χ4v) is 2.79. The van der Waals surface area contributed by atoms with Gasteiger partial charge < -0.3 is 9.52 Å². The largest absolute Gasteiger partial charge is 0.475 e. The lowest BCUT2D eigenvalue weighted by Crippen LogP contribution is -2.07. The summed E-state index contributed by atoms with van der Waals surface area (Å²) in [5.74, 6) is -2.05. The maximum absolute atomic E-state index is 12.1. The summed E-state index contributed by atoms with van der Waals surface area (Å²) >= 11 is 0. The van der Waals surface area contributed by atoms with Gasteiger partial charge >= 0.3 is 5.97 Å². The molecule has 2 aromatic heterocycles. The quantitative estimate of drug-likeness (QED) is 0.901. The van der Waals surface area contributed by atoms with Gasteiger partial charge in [0.25, 0.3) is 0 Å². The number of hydrogen-bond donors (Lipinski definition) is 1. The molecule has 0 fully saturated rings.